The largest absolute Gasteiger partial charge is 0.397 e. The molecular weight excluding hydrogens is 217 g/mol. The summed E-state index contributed by atoms with van der Waals surface area (Å²) in [6.07, 6.45) is -5.33. The molecule has 0 aromatic heterocycles. The average Bonchev–Trinajstić information content (AvgIpc) is 1.83. The summed E-state index contributed by atoms with van der Waals surface area (Å²) in [5, 5.41) is 2.23. The molecule has 1 nitrogen and oxygen atoms in total. The maximum atomic E-state index is 12.6. The molecule has 0 radical (unpaired) electrons. The molecule has 1 heterocycles. The van der Waals surface area contributed by atoms with E-state index in [1.807, 2.05) is 0 Å². The zero-order valence-corrected chi connectivity index (χ0v) is 7.31. The fourth-order valence-corrected chi connectivity index (χ4v) is 1.24. The second-order valence-corrected chi connectivity index (χ2v) is 2.82. The molecule has 0 aliphatic carbocycles. The third-order valence-corrected chi connectivity index (χ3v) is 1.88. The molecule has 1 N–H and O–H groups in total. The Kier molecular flexibility index (Phi) is 3.93. The van der Waals surface area contributed by atoms with Gasteiger partial charge in [0.2, 0.25) is 0 Å². The standard InChI is InChI=1S/C6H8F5N.ClH/c7-5(8)3-12-2-1-4(5)6(9,10)11;/h4,12H,1-3H2;1H. The van der Waals surface area contributed by atoms with Gasteiger partial charge >= 0.3 is 6.18 Å². The van der Waals surface area contributed by atoms with Crippen molar-refractivity contribution >= 4 is 12.4 Å². The molecule has 7 heteroatoms. The number of hydrogen-bond donors (Lipinski definition) is 1. The number of piperidine rings is 1. The SMILES string of the molecule is Cl.FC(F)(F)C1CCNCC1(F)F. The van der Waals surface area contributed by atoms with Gasteiger partial charge in [0, 0.05) is 0 Å². The van der Waals surface area contributed by atoms with Crippen molar-refractivity contribution in [2.24, 2.45) is 5.92 Å². The van der Waals surface area contributed by atoms with Crippen LogP contribution in [0.5, 0.6) is 0 Å². The minimum atomic E-state index is -4.79. The first-order valence-corrected chi connectivity index (χ1v) is 3.49. The Balaban J connectivity index is 0.00000144. The highest BCUT2D eigenvalue weighted by Crippen LogP contribution is 2.41. The molecule has 0 aromatic carbocycles. The second kappa shape index (κ2) is 3.96. The van der Waals surface area contributed by atoms with E-state index in [4.69, 9.17) is 0 Å². The van der Waals surface area contributed by atoms with E-state index >= 15 is 0 Å². The Labute approximate surface area is 78.1 Å². The number of halogens is 6. The van der Waals surface area contributed by atoms with Crippen molar-refractivity contribution in [2.75, 3.05) is 13.1 Å². The zero-order chi connectivity index (χ0) is 9.41. The lowest BCUT2D eigenvalue weighted by Crippen LogP contribution is -2.51. The van der Waals surface area contributed by atoms with Crippen molar-refractivity contribution in [2.45, 2.75) is 18.5 Å². The van der Waals surface area contributed by atoms with Crippen LogP contribution in [-0.4, -0.2) is 25.2 Å². The summed E-state index contributed by atoms with van der Waals surface area (Å²) < 4.78 is 61.0. The molecule has 0 bridgehead atoms. The van der Waals surface area contributed by atoms with Crippen molar-refractivity contribution in [1.29, 1.82) is 0 Å². The van der Waals surface area contributed by atoms with Gasteiger partial charge in [0.05, 0.1) is 6.54 Å². The van der Waals surface area contributed by atoms with Gasteiger partial charge < -0.3 is 5.32 Å². The molecule has 1 atom stereocenters. The normalized spacial score (nSPS) is 27.9. The highest BCUT2D eigenvalue weighted by atomic mass is 35.5. The van der Waals surface area contributed by atoms with Gasteiger partial charge in [-0.2, -0.15) is 13.2 Å². The van der Waals surface area contributed by atoms with Crippen LogP contribution in [0.15, 0.2) is 0 Å². The van der Waals surface area contributed by atoms with Crippen molar-refractivity contribution in [3.8, 4) is 0 Å². The molecule has 0 aromatic rings. The molecular formula is C6H9ClF5N. The van der Waals surface area contributed by atoms with Gasteiger partial charge in [0.15, 0.2) is 0 Å². The first-order chi connectivity index (χ1) is 5.34. The van der Waals surface area contributed by atoms with E-state index in [1.165, 1.54) is 0 Å². The van der Waals surface area contributed by atoms with Gasteiger partial charge in [-0.15, -0.1) is 12.4 Å². The van der Waals surface area contributed by atoms with Crippen LogP contribution < -0.4 is 5.32 Å². The topological polar surface area (TPSA) is 12.0 Å². The third-order valence-electron chi connectivity index (χ3n) is 1.88. The number of nitrogens with one attached hydrogen (secondary N) is 1. The fraction of sp³-hybridized carbons (Fsp3) is 1.00. The summed E-state index contributed by atoms with van der Waals surface area (Å²) >= 11 is 0. The Morgan fingerprint density at radius 1 is 1.23 bits per heavy atom. The second-order valence-electron chi connectivity index (χ2n) is 2.82. The maximum Gasteiger partial charge on any atom is 0.397 e. The highest BCUT2D eigenvalue weighted by Gasteiger charge is 2.56. The van der Waals surface area contributed by atoms with Crippen LogP contribution >= 0.6 is 12.4 Å². The van der Waals surface area contributed by atoms with Crippen LogP contribution in [0.1, 0.15) is 6.42 Å². The van der Waals surface area contributed by atoms with Gasteiger partial charge in [-0.25, -0.2) is 8.78 Å². The molecule has 0 spiro atoms. The lowest BCUT2D eigenvalue weighted by molar-refractivity contribution is -0.246. The summed E-state index contributed by atoms with van der Waals surface area (Å²) in [5.74, 6) is -6.14. The van der Waals surface area contributed by atoms with E-state index in [-0.39, 0.29) is 19.0 Å². The van der Waals surface area contributed by atoms with Gasteiger partial charge in [-0.05, 0) is 13.0 Å². The lowest BCUT2D eigenvalue weighted by Gasteiger charge is -2.32. The molecule has 0 saturated carbocycles. The minimum Gasteiger partial charge on any atom is -0.311 e. The van der Waals surface area contributed by atoms with Crippen LogP contribution in [0.2, 0.25) is 0 Å². The van der Waals surface area contributed by atoms with Crippen LogP contribution in [0.25, 0.3) is 0 Å². The predicted octanol–water partition coefficient (Wildman–Crippen LogP) is 2.22. The number of hydrogen-bond acceptors (Lipinski definition) is 1. The molecule has 0 amide bonds. The van der Waals surface area contributed by atoms with Gasteiger partial charge in [-0.1, -0.05) is 0 Å². The predicted molar refractivity (Wildman–Crippen MR) is 39.2 cm³/mol. The summed E-state index contributed by atoms with van der Waals surface area (Å²) in [7, 11) is 0. The molecule has 1 rings (SSSR count). The average molecular weight is 226 g/mol. The molecule has 1 saturated heterocycles. The van der Waals surface area contributed by atoms with E-state index in [9.17, 15) is 22.0 Å². The van der Waals surface area contributed by atoms with E-state index in [1.54, 1.807) is 0 Å². The monoisotopic (exact) mass is 225 g/mol. The Morgan fingerprint density at radius 3 is 2.08 bits per heavy atom. The van der Waals surface area contributed by atoms with Gasteiger partial charge in [-0.3, -0.25) is 0 Å². The molecule has 1 aliphatic heterocycles. The first kappa shape index (κ1) is 12.9. The summed E-state index contributed by atoms with van der Waals surface area (Å²) in [6, 6.07) is 0. The van der Waals surface area contributed by atoms with Crippen molar-refractivity contribution in [1.82, 2.24) is 5.32 Å². The summed E-state index contributed by atoms with van der Waals surface area (Å²) in [6.45, 7) is -0.878. The summed E-state index contributed by atoms with van der Waals surface area (Å²) in [4.78, 5) is 0. The Hall–Kier alpha value is -0.100. The Bertz CT molecular complexity index is 169. The number of rotatable bonds is 0. The van der Waals surface area contributed by atoms with Crippen LogP contribution in [0.4, 0.5) is 22.0 Å². The van der Waals surface area contributed by atoms with Crippen LogP contribution in [0.3, 0.4) is 0 Å². The van der Waals surface area contributed by atoms with E-state index in [2.05, 4.69) is 5.32 Å². The van der Waals surface area contributed by atoms with E-state index < -0.39 is 31.0 Å². The quantitative estimate of drug-likeness (QED) is 0.624. The van der Waals surface area contributed by atoms with Gasteiger partial charge in [0.1, 0.15) is 5.92 Å². The van der Waals surface area contributed by atoms with Gasteiger partial charge in [0.25, 0.3) is 5.92 Å². The molecule has 80 valence electrons. The Morgan fingerprint density at radius 2 is 1.77 bits per heavy atom. The molecule has 1 aliphatic rings. The van der Waals surface area contributed by atoms with Crippen molar-refractivity contribution in [3.05, 3.63) is 0 Å². The first-order valence-electron chi connectivity index (χ1n) is 3.49. The van der Waals surface area contributed by atoms with Crippen molar-refractivity contribution < 1.29 is 22.0 Å². The van der Waals surface area contributed by atoms with Crippen molar-refractivity contribution in [3.63, 3.8) is 0 Å². The fourth-order valence-electron chi connectivity index (χ4n) is 1.24. The van der Waals surface area contributed by atoms with Crippen LogP contribution in [0, 0.1) is 5.92 Å². The highest BCUT2D eigenvalue weighted by molar-refractivity contribution is 5.85. The summed E-state index contributed by atoms with van der Waals surface area (Å²) in [5.41, 5.74) is 0. The molecule has 13 heavy (non-hydrogen) atoms. The maximum absolute atomic E-state index is 12.6. The zero-order valence-electron chi connectivity index (χ0n) is 6.50. The third kappa shape index (κ3) is 2.95. The van der Waals surface area contributed by atoms with E-state index in [0.29, 0.717) is 0 Å². The smallest absolute Gasteiger partial charge is 0.311 e. The van der Waals surface area contributed by atoms with Crippen LogP contribution in [-0.2, 0) is 0 Å². The molecule has 1 unspecified atom stereocenters. The minimum absolute atomic E-state index is 0. The van der Waals surface area contributed by atoms with E-state index in [0.717, 1.165) is 0 Å². The number of alkyl halides is 5. The molecule has 1 fully saturated rings. The lowest BCUT2D eigenvalue weighted by atomic mass is 9.93.